The van der Waals surface area contributed by atoms with Crippen LogP contribution in [0.2, 0.25) is 0 Å². The van der Waals surface area contributed by atoms with Gasteiger partial charge in [0.05, 0.1) is 11.3 Å². The number of carbonyl (C=O) groups excluding carboxylic acids is 2. The van der Waals surface area contributed by atoms with Crippen molar-refractivity contribution >= 4 is 17.5 Å². The van der Waals surface area contributed by atoms with Crippen molar-refractivity contribution in [2.45, 2.75) is 25.6 Å². The monoisotopic (exact) mass is 354 g/mol. The van der Waals surface area contributed by atoms with Gasteiger partial charge < -0.3 is 10.6 Å². The Kier molecular flexibility index (Phi) is 6.15. The van der Waals surface area contributed by atoms with Gasteiger partial charge in [0.2, 0.25) is 5.91 Å². The molecule has 1 heterocycles. The van der Waals surface area contributed by atoms with E-state index in [1.165, 1.54) is 18.2 Å². The number of aromatic nitrogens is 2. The highest BCUT2D eigenvalue weighted by Gasteiger charge is 2.28. The second-order valence-electron chi connectivity index (χ2n) is 5.26. The van der Waals surface area contributed by atoms with Crippen LogP contribution in [0.1, 0.15) is 23.2 Å². The van der Waals surface area contributed by atoms with E-state index in [-0.39, 0.29) is 23.6 Å². The van der Waals surface area contributed by atoms with Crippen LogP contribution >= 0.6 is 0 Å². The molecule has 0 fully saturated rings. The summed E-state index contributed by atoms with van der Waals surface area (Å²) in [6.45, 7) is -0.869. The molecule has 2 aromatic rings. The molecule has 0 saturated carbocycles. The first-order valence-electron chi connectivity index (χ1n) is 7.56. The minimum Gasteiger partial charge on any atom is -0.343 e. The molecule has 1 aromatic carbocycles. The van der Waals surface area contributed by atoms with Crippen molar-refractivity contribution in [1.29, 1.82) is 0 Å². The Morgan fingerprint density at radius 3 is 2.60 bits per heavy atom. The van der Waals surface area contributed by atoms with Gasteiger partial charge in [-0.15, -0.1) is 0 Å². The van der Waals surface area contributed by atoms with Gasteiger partial charge in [-0.05, 0) is 24.6 Å². The number of benzene rings is 1. The van der Waals surface area contributed by atoms with Crippen LogP contribution < -0.4 is 10.6 Å². The number of rotatable bonds is 7. The molecule has 6 nitrogen and oxygen atoms in total. The van der Waals surface area contributed by atoms with Gasteiger partial charge in [-0.1, -0.05) is 12.1 Å². The number of halogens is 3. The zero-order chi connectivity index (χ0) is 18.3. The number of hydrogen-bond donors (Lipinski definition) is 2. The molecule has 2 N–H and O–H groups in total. The van der Waals surface area contributed by atoms with Crippen molar-refractivity contribution in [3.63, 3.8) is 0 Å². The average molecular weight is 354 g/mol. The topological polar surface area (TPSA) is 76.0 Å². The summed E-state index contributed by atoms with van der Waals surface area (Å²) < 4.78 is 38.3. The van der Waals surface area contributed by atoms with E-state index in [0.717, 1.165) is 0 Å². The number of nitrogens with zero attached hydrogens (tertiary/aromatic N) is 2. The first kappa shape index (κ1) is 18.5. The van der Waals surface area contributed by atoms with Gasteiger partial charge in [-0.25, -0.2) is 0 Å². The fourth-order valence-corrected chi connectivity index (χ4v) is 2.11. The highest BCUT2D eigenvalue weighted by molar-refractivity contribution is 6.03. The maximum absolute atomic E-state index is 12.2. The molecule has 0 radical (unpaired) electrons. The number of carbonyl (C=O) groups is 2. The number of aryl methyl sites for hydroxylation is 1. The summed E-state index contributed by atoms with van der Waals surface area (Å²) in [6, 6.07) is 7.69. The van der Waals surface area contributed by atoms with Crippen LogP contribution in [-0.4, -0.2) is 34.3 Å². The Morgan fingerprint density at radius 2 is 1.92 bits per heavy atom. The van der Waals surface area contributed by atoms with Crippen molar-refractivity contribution in [2.75, 3.05) is 11.9 Å². The highest BCUT2D eigenvalue weighted by Crippen LogP contribution is 2.17. The van der Waals surface area contributed by atoms with E-state index in [1.54, 1.807) is 34.5 Å². The van der Waals surface area contributed by atoms with E-state index in [1.807, 2.05) is 0 Å². The quantitative estimate of drug-likeness (QED) is 0.802. The van der Waals surface area contributed by atoms with E-state index in [9.17, 15) is 22.8 Å². The number of hydrogen-bond acceptors (Lipinski definition) is 3. The van der Waals surface area contributed by atoms with Crippen molar-refractivity contribution in [3.05, 3.63) is 48.3 Å². The molecule has 2 amide bonds. The van der Waals surface area contributed by atoms with Crippen LogP contribution in [0.3, 0.4) is 0 Å². The minimum atomic E-state index is -4.50. The molecule has 2 rings (SSSR count). The lowest BCUT2D eigenvalue weighted by Crippen LogP contribution is -2.34. The van der Waals surface area contributed by atoms with E-state index in [0.29, 0.717) is 13.0 Å². The molecule has 9 heteroatoms. The Balaban J connectivity index is 1.90. The molecule has 0 bridgehead atoms. The molecule has 134 valence electrons. The third-order valence-electron chi connectivity index (χ3n) is 3.25. The molecule has 0 unspecified atom stereocenters. The van der Waals surface area contributed by atoms with Crippen LogP contribution in [0.4, 0.5) is 18.9 Å². The smallest absolute Gasteiger partial charge is 0.343 e. The summed E-state index contributed by atoms with van der Waals surface area (Å²) in [5.74, 6) is -1.23. The Labute approximate surface area is 142 Å². The predicted octanol–water partition coefficient (Wildman–Crippen LogP) is 2.59. The van der Waals surface area contributed by atoms with Gasteiger partial charge in [-0.3, -0.25) is 14.3 Å². The third kappa shape index (κ3) is 6.28. The summed E-state index contributed by atoms with van der Waals surface area (Å²) in [6.07, 6.45) is -0.358. The fraction of sp³-hybridized carbons (Fsp3) is 0.312. The zero-order valence-electron chi connectivity index (χ0n) is 13.2. The maximum atomic E-state index is 12.2. The first-order valence-corrected chi connectivity index (χ1v) is 7.56. The van der Waals surface area contributed by atoms with Crippen LogP contribution in [-0.2, 0) is 11.3 Å². The lowest BCUT2D eigenvalue weighted by Gasteiger charge is -2.12. The van der Waals surface area contributed by atoms with Gasteiger partial charge >= 0.3 is 6.18 Å². The van der Waals surface area contributed by atoms with Gasteiger partial charge in [0.15, 0.2) is 0 Å². The van der Waals surface area contributed by atoms with Gasteiger partial charge in [0.1, 0.15) is 6.54 Å². The molecular formula is C16H17F3N4O2. The van der Waals surface area contributed by atoms with Gasteiger partial charge in [-0.2, -0.15) is 18.3 Å². The fourth-order valence-electron chi connectivity index (χ4n) is 2.11. The Morgan fingerprint density at radius 1 is 1.16 bits per heavy atom. The molecule has 1 aromatic heterocycles. The van der Waals surface area contributed by atoms with Crippen molar-refractivity contribution in [1.82, 2.24) is 15.1 Å². The van der Waals surface area contributed by atoms with Gasteiger partial charge in [0, 0.05) is 25.4 Å². The molecule has 0 atom stereocenters. The third-order valence-corrected chi connectivity index (χ3v) is 3.25. The second kappa shape index (κ2) is 8.32. The number of amides is 2. The number of nitrogens with one attached hydrogen (secondary N) is 2. The lowest BCUT2D eigenvalue weighted by atomic mass is 10.1. The van der Waals surface area contributed by atoms with Crippen molar-refractivity contribution in [2.24, 2.45) is 0 Å². The van der Waals surface area contributed by atoms with E-state index in [2.05, 4.69) is 10.4 Å². The van der Waals surface area contributed by atoms with E-state index in [4.69, 9.17) is 0 Å². The van der Waals surface area contributed by atoms with Crippen LogP contribution in [0.15, 0.2) is 42.7 Å². The number of anilines is 1. The van der Waals surface area contributed by atoms with E-state index < -0.39 is 18.6 Å². The zero-order valence-corrected chi connectivity index (χ0v) is 13.2. The molecule has 0 aliphatic carbocycles. The summed E-state index contributed by atoms with van der Waals surface area (Å²) in [4.78, 5) is 23.9. The summed E-state index contributed by atoms with van der Waals surface area (Å²) in [7, 11) is 0. The highest BCUT2D eigenvalue weighted by atomic mass is 19.4. The minimum absolute atomic E-state index is 0.0211. The Hall–Kier alpha value is -2.84. The SMILES string of the molecule is O=C(CCCn1cccn1)Nc1ccccc1C(=O)NCC(F)(F)F. The van der Waals surface area contributed by atoms with Gasteiger partial charge in [0.25, 0.3) is 5.91 Å². The van der Waals surface area contributed by atoms with Crippen LogP contribution in [0, 0.1) is 0 Å². The predicted molar refractivity (Wildman–Crippen MR) is 84.9 cm³/mol. The van der Waals surface area contributed by atoms with Crippen LogP contribution in [0.25, 0.3) is 0 Å². The second-order valence-corrected chi connectivity index (χ2v) is 5.26. The van der Waals surface area contributed by atoms with Crippen LogP contribution in [0.5, 0.6) is 0 Å². The number of alkyl halides is 3. The molecule has 0 aliphatic heterocycles. The number of para-hydroxylation sites is 1. The average Bonchev–Trinajstić information content (AvgIpc) is 3.06. The summed E-state index contributed by atoms with van der Waals surface area (Å²) >= 11 is 0. The molecular weight excluding hydrogens is 337 g/mol. The summed E-state index contributed by atoms with van der Waals surface area (Å²) in [5, 5.41) is 8.36. The molecule has 25 heavy (non-hydrogen) atoms. The van der Waals surface area contributed by atoms with E-state index >= 15 is 0 Å². The van der Waals surface area contributed by atoms with Crippen molar-refractivity contribution in [3.8, 4) is 0 Å². The van der Waals surface area contributed by atoms with Crippen molar-refractivity contribution < 1.29 is 22.8 Å². The molecule has 0 aliphatic rings. The largest absolute Gasteiger partial charge is 0.405 e. The maximum Gasteiger partial charge on any atom is 0.405 e. The normalized spacial score (nSPS) is 11.2. The Bertz CT molecular complexity index is 714. The summed E-state index contributed by atoms with van der Waals surface area (Å²) in [5.41, 5.74) is 0.151. The molecule has 0 saturated heterocycles. The lowest BCUT2D eigenvalue weighted by molar-refractivity contribution is -0.123. The standard InChI is InChI=1S/C16H17F3N4O2/c17-16(18,19)11-20-15(25)12-5-1-2-6-13(12)22-14(24)7-3-9-23-10-4-8-21-23/h1-2,4-6,8,10H,3,7,9,11H2,(H,20,25)(H,22,24). The first-order chi connectivity index (χ1) is 11.8. The molecule has 0 spiro atoms.